The number of anilines is 1. The van der Waals surface area contributed by atoms with Crippen LogP contribution < -0.4 is 10.1 Å². The molecule has 5 heteroatoms. The van der Waals surface area contributed by atoms with Crippen LogP contribution in [0.4, 0.5) is 5.69 Å². The van der Waals surface area contributed by atoms with E-state index in [4.69, 9.17) is 21.1 Å². The highest BCUT2D eigenvalue weighted by atomic mass is 35.5. The summed E-state index contributed by atoms with van der Waals surface area (Å²) >= 11 is 6.50. The molecule has 1 saturated heterocycles. The molecule has 5 rings (SSSR count). The molecule has 3 aromatic carbocycles. The van der Waals surface area contributed by atoms with Gasteiger partial charge in [-0.05, 0) is 90.5 Å². The summed E-state index contributed by atoms with van der Waals surface area (Å²) in [5.41, 5.74) is 5.79. The first-order valence-electron chi connectivity index (χ1n) is 13.5. The topological polar surface area (TPSA) is 47.6 Å². The summed E-state index contributed by atoms with van der Waals surface area (Å²) in [7, 11) is 0. The number of halogens is 1. The quantitative estimate of drug-likeness (QED) is 0.348. The fourth-order valence-corrected chi connectivity index (χ4v) is 6.16. The van der Waals surface area contributed by atoms with Crippen LogP contribution in [-0.4, -0.2) is 19.1 Å². The molecule has 1 N–H and O–H groups in total. The predicted octanol–water partition coefficient (Wildman–Crippen LogP) is 7.75. The third kappa shape index (κ3) is 6.02. The van der Waals surface area contributed by atoms with Gasteiger partial charge in [0.2, 0.25) is 0 Å². The number of amides is 1. The highest BCUT2D eigenvalue weighted by molar-refractivity contribution is 6.31. The molecule has 37 heavy (non-hydrogen) atoms. The van der Waals surface area contributed by atoms with Gasteiger partial charge in [0.1, 0.15) is 5.75 Å². The molecule has 0 radical (unpaired) electrons. The molecule has 4 nitrogen and oxygen atoms in total. The van der Waals surface area contributed by atoms with E-state index >= 15 is 0 Å². The van der Waals surface area contributed by atoms with E-state index in [1.807, 2.05) is 48.5 Å². The van der Waals surface area contributed by atoms with Gasteiger partial charge in [0.15, 0.2) is 6.61 Å². The van der Waals surface area contributed by atoms with E-state index in [0.29, 0.717) is 24.2 Å². The van der Waals surface area contributed by atoms with Crippen molar-refractivity contribution in [1.82, 2.24) is 0 Å². The smallest absolute Gasteiger partial charge is 0.262 e. The largest absolute Gasteiger partial charge is 0.484 e. The van der Waals surface area contributed by atoms with Crippen LogP contribution in [0, 0.1) is 11.8 Å². The lowest BCUT2D eigenvalue weighted by molar-refractivity contribution is -0.118. The van der Waals surface area contributed by atoms with Crippen molar-refractivity contribution in [3.63, 3.8) is 0 Å². The summed E-state index contributed by atoms with van der Waals surface area (Å²) in [6.45, 7) is 5.11. The zero-order valence-electron chi connectivity index (χ0n) is 21.7. The number of nitrogens with one attached hydrogen (secondary N) is 1. The van der Waals surface area contributed by atoms with Gasteiger partial charge in [0.05, 0.1) is 12.7 Å². The number of rotatable bonds is 7. The molecule has 3 aromatic rings. The lowest BCUT2D eigenvalue weighted by Crippen LogP contribution is -2.31. The minimum Gasteiger partial charge on any atom is -0.484 e. The van der Waals surface area contributed by atoms with Crippen molar-refractivity contribution in [1.29, 1.82) is 0 Å². The Morgan fingerprint density at radius 3 is 2.70 bits per heavy atom. The Hall–Kier alpha value is -2.82. The second-order valence-corrected chi connectivity index (χ2v) is 11.1. The van der Waals surface area contributed by atoms with E-state index in [1.54, 1.807) is 0 Å². The first kappa shape index (κ1) is 25.8. The van der Waals surface area contributed by atoms with Gasteiger partial charge in [-0.2, -0.15) is 0 Å². The van der Waals surface area contributed by atoms with Crippen molar-refractivity contribution in [3.8, 4) is 5.75 Å². The summed E-state index contributed by atoms with van der Waals surface area (Å²) in [4.78, 5) is 12.7. The second kappa shape index (κ2) is 11.7. The van der Waals surface area contributed by atoms with Gasteiger partial charge in [0, 0.05) is 16.6 Å². The van der Waals surface area contributed by atoms with Gasteiger partial charge in [-0.1, -0.05) is 67.9 Å². The fraction of sp³-hybridized carbons (Fsp3) is 0.406. The molecular weight excluding hydrogens is 482 g/mol. The van der Waals surface area contributed by atoms with Gasteiger partial charge in [0.25, 0.3) is 5.91 Å². The van der Waals surface area contributed by atoms with Crippen molar-refractivity contribution in [2.24, 2.45) is 11.8 Å². The third-order valence-corrected chi connectivity index (χ3v) is 8.19. The summed E-state index contributed by atoms with van der Waals surface area (Å²) in [6, 6.07) is 22.3. The molecule has 194 valence electrons. The fourth-order valence-electron chi connectivity index (χ4n) is 5.87. The van der Waals surface area contributed by atoms with E-state index < -0.39 is 0 Å². The van der Waals surface area contributed by atoms with Gasteiger partial charge in [-0.25, -0.2) is 0 Å². The standard InChI is InChI=1S/C32H36ClNO3/c1-21(2)28-18-24(26-13-5-6-15-29(26)33)19-37-32(28)23-11-7-12-25(17-23)36-20-31(35)34-30-16-8-10-22-9-3-4-14-27(22)30/h5-8,10-13,15-17,21,24,28,32H,3-4,9,14,18-20H2,1-2H3,(H,34,35)/t24-,28-,32-/m0/s1. The second-order valence-electron chi connectivity index (χ2n) is 10.7. The zero-order chi connectivity index (χ0) is 25.8. The van der Waals surface area contributed by atoms with Gasteiger partial charge < -0.3 is 14.8 Å². The number of carbonyl (C=O) groups is 1. The molecule has 0 unspecified atom stereocenters. The Labute approximate surface area is 225 Å². The lowest BCUT2D eigenvalue weighted by atomic mass is 9.76. The van der Waals surface area contributed by atoms with E-state index in [2.05, 4.69) is 37.4 Å². The van der Waals surface area contributed by atoms with Crippen molar-refractivity contribution in [2.75, 3.05) is 18.5 Å². The minimum atomic E-state index is -0.138. The number of carbonyl (C=O) groups excluding carboxylic acids is 1. The number of hydrogen-bond acceptors (Lipinski definition) is 3. The van der Waals surface area contributed by atoms with Crippen LogP contribution in [0.3, 0.4) is 0 Å². The van der Waals surface area contributed by atoms with E-state index in [0.717, 1.165) is 41.1 Å². The normalized spacial score (nSPS) is 21.4. The van der Waals surface area contributed by atoms with Crippen LogP contribution >= 0.6 is 11.6 Å². The highest BCUT2D eigenvalue weighted by Gasteiger charge is 2.35. The Kier molecular flexibility index (Phi) is 8.17. The average Bonchev–Trinajstić information content (AvgIpc) is 2.92. The number of ether oxygens (including phenoxy) is 2. The lowest BCUT2D eigenvalue weighted by Gasteiger charge is -2.39. The van der Waals surface area contributed by atoms with Crippen LogP contribution in [0.2, 0.25) is 5.02 Å². The average molecular weight is 518 g/mol. The zero-order valence-corrected chi connectivity index (χ0v) is 22.5. The molecule has 0 bridgehead atoms. The third-order valence-electron chi connectivity index (χ3n) is 7.85. The monoisotopic (exact) mass is 517 g/mol. The molecule has 0 saturated carbocycles. The van der Waals surface area contributed by atoms with Crippen LogP contribution in [0.1, 0.15) is 67.4 Å². The van der Waals surface area contributed by atoms with Crippen molar-refractivity contribution < 1.29 is 14.3 Å². The predicted molar refractivity (Wildman–Crippen MR) is 149 cm³/mol. The summed E-state index contributed by atoms with van der Waals surface area (Å²) in [5, 5.41) is 3.87. The Morgan fingerprint density at radius 2 is 1.86 bits per heavy atom. The Balaban J connectivity index is 1.24. The number of fused-ring (bicyclic) bond motifs is 1. The van der Waals surface area contributed by atoms with E-state index in [1.165, 1.54) is 24.0 Å². The maximum Gasteiger partial charge on any atom is 0.262 e. The summed E-state index contributed by atoms with van der Waals surface area (Å²) in [6.07, 6.45) is 5.48. The van der Waals surface area contributed by atoms with Gasteiger partial charge in [-0.15, -0.1) is 0 Å². The molecule has 1 aliphatic carbocycles. The molecule has 2 aliphatic rings. The summed E-state index contributed by atoms with van der Waals surface area (Å²) < 4.78 is 12.4. The number of hydrogen-bond donors (Lipinski definition) is 1. The minimum absolute atomic E-state index is 0.0213. The molecule has 3 atom stereocenters. The van der Waals surface area contributed by atoms with Gasteiger partial charge in [-0.3, -0.25) is 4.79 Å². The van der Waals surface area contributed by atoms with Gasteiger partial charge >= 0.3 is 0 Å². The maximum absolute atomic E-state index is 12.7. The first-order valence-corrected chi connectivity index (χ1v) is 13.9. The van der Waals surface area contributed by atoms with Crippen molar-refractivity contribution in [2.45, 2.75) is 58.0 Å². The molecule has 0 spiro atoms. The Bertz CT molecular complexity index is 1240. The Morgan fingerprint density at radius 1 is 1.05 bits per heavy atom. The molecule has 1 aliphatic heterocycles. The van der Waals surface area contributed by atoms with Crippen LogP contribution in [0.5, 0.6) is 5.75 Å². The maximum atomic E-state index is 12.7. The van der Waals surface area contributed by atoms with Crippen molar-refractivity contribution in [3.05, 3.63) is 94.0 Å². The highest BCUT2D eigenvalue weighted by Crippen LogP contribution is 2.45. The molecule has 1 heterocycles. The summed E-state index contributed by atoms with van der Waals surface area (Å²) in [5.74, 6) is 1.62. The van der Waals surface area contributed by atoms with Crippen LogP contribution in [0.25, 0.3) is 0 Å². The van der Waals surface area contributed by atoms with Crippen LogP contribution in [-0.2, 0) is 22.4 Å². The number of aryl methyl sites for hydroxylation is 1. The molecule has 1 fully saturated rings. The SMILES string of the molecule is CC(C)[C@@H]1C[C@H](c2ccccc2Cl)CO[C@H]1c1cccc(OCC(=O)Nc2cccc3c2CCCC3)c1. The van der Waals surface area contributed by atoms with Crippen LogP contribution in [0.15, 0.2) is 66.7 Å². The first-order chi connectivity index (χ1) is 18.0. The molecular formula is C32H36ClNO3. The van der Waals surface area contributed by atoms with E-state index in [-0.39, 0.29) is 24.5 Å². The molecule has 0 aromatic heterocycles. The van der Waals surface area contributed by atoms with Crippen molar-refractivity contribution >= 4 is 23.2 Å². The number of benzene rings is 3. The molecule has 1 amide bonds. The van der Waals surface area contributed by atoms with E-state index in [9.17, 15) is 4.79 Å².